The molecule has 28 heavy (non-hydrogen) atoms. The molecule has 1 unspecified atom stereocenters. The van der Waals surface area contributed by atoms with E-state index in [1.54, 1.807) is 17.0 Å². The summed E-state index contributed by atoms with van der Waals surface area (Å²) >= 11 is 0. The number of aromatic hydroxyl groups is 1. The maximum absolute atomic E-state index is 12.8. The molecular weight excluding hydrogens is 358 g/mol. The zero-order chi connectivity index (χ0) is 20.5. The standard InChI is InChI=1S/C21H29N3O4/c1-21(2,3)24-13-15(12-18(24)26)20(28)23-9-7-16(8-10-23)22-19(27)14-5-4-6-17(25)11-14/h4-6,11,15-16,25H,7-10,12-13H2,1-3H3,(H,22,27). The number of nitrogens with one attached hydrogen (secondary N) is 1. The maximum atomic E-state index is 12.8. The number of hydrogen-bond acceptors (Lipinski definition) is 4. The molecule has 7 heteroatoms. The van der Waals surface area contributed by atoms with E-state index in [1.807, 2.05) is 25.7 Å². The fourth-order valence-electron chi connectivity index (χ4n) is 3.94. The Labute approximate surface area is 165 Å². The molecule has 2 aliphatic rings. The van der Waals surface area contributed by atoms with Crippen molar-refractivity contribution in [3.05, 3.63) is 29.8 Å². The average Bonchev–Trinajstić information content (AvgIpc) is 3.04. The molecule has 1 aromatic rings. The Morgan fingerprint density at radius 2 is 1.86 bits per heavy atom. The first-order chi connectivity index (χ1) is 13.1. The Morgan fingerprint density at radius 3 is 2.43 bits per heavy atom. The normalized spacial score (nSPS) is 21.1. The Morgan fingerprint density at radius 1 is 1.18 bits per heavy atom. The summed E-state index contributed by atoms with van der Waals surface area (Å²) in [5.41, 5.74) is 0.153. The van der Waals surface area contributed by atoms with Gasteiger partial charge in [-0.3, -0.25) is 14.4 Å². The molecule has 2 N–H and O–H groups in total. The average molecular weight is 387 g/mol. The predicted molar refractivity (Wildman–Crippen MR) is 105 cm³/mol. The Bertz CT molecular complexity index is 763. The lowest BCUT2D eigenvalue weighted by molar-refractivity contribution is -0.136. The van der Waals surface area contributed by atoms with Gasteiger partial charge in [-0.2, -0.15) is 0 Å². The third kappa shape index (κ3) is 4.46. The van der Waals surface area contributed by atoms with E-state index in [2.05, 4.69) is 5.32 Å². The lowest BCUT2D eigenvalue weighted by Gasteiger charge is -2.35. The predicted octanol–water partition coefficient (Wildman–Crippen LogP) is 1.76. The Balaban J connectivity index is 1.51. The SMILES string of the molecule is CC(C)(C)N1CC(C(=O)N2CCC(NC(=O)c3cccc(O)c3)CC2)CC1=O. The zero-order valence-corrected chi connectivity index (χ0v) is 16.8. The number of hydrogen-bond donors (Lipinski definition) is 2. The number of amides is 3. The van der Waals surface area contributed by atoms with Gasteiger partial charge in [0.05, 0.1) is 5.92 Å². The second-order valence-corrected chi connectivity index (χ2v) is 8.70. The van der Waals surface area contributed by atoms with Crippen molar-refractivity contribution >= 4 is 17.7 Å². The van der Waals surface area contributed by atoms with Crippen LogP contribution in [0, 0.1) is 5.92 Å². The van der Waals surface area contributed by atoms with Gasteiger partial charge in [0.2, 0.25) is 11.8 Å². The zero-order valence-electron chi connectivity index (χ0n) is 16.8. The number of nitrogens with zero attached hydrogens (tertiary/aromatic N) is 2. The van der Waals surface area contributed by atoms with Gasteiger partial charge in [-0.25, -0.2) is 0 Å². The number of piperidine rings is 1. The van der Waals surface area contributed by atoms with Crippen LogP contribution in [0.15, 0.2) is 24.3 Å². The third-order valence-electron chi connectivity index (χ3n) is 5.53. The minimum Gasteiger partial charge on any atom is -0.508 e. The summed E-state index contributed by atoms with van der Waals surface area (Å²) in [6, 6.07) is 6.25. The molecule has 0 aliphatic carbocycles. The van der Waals surface area contributed by atoms with Crippen LogP contribution in [0.2, 0.25) is 0 Å². The highest BCUT2D eigenvalue weighted by molar-refractivity contribution is 5.94. The van der Waals surface area contributed by atoms with Crippen LogP contribution in [0.4, 0.5) is 0 Å². The van der Waals surface area contributed by atoms with E-state index < -0.39 is 0 Å². The monoisotopic (exact) mass is 387 g/mol. The molecule has 0 saturated carbocycles. The molecule has 152 valence electrons. The van der Waals surface area contributed by atoms with Gasteiger partial charge < -0.3 is 20.2 Å². The minimum absolute atomic E-state index is 0.00446. The van der Waals surface area contributed by atoms with Crippen molar-refractivity contribution in [2.24, 2.45) is 5.92 Å². The second kappa shape index (κ2) is 7.81. The van der Waals surface area contributed by atoms with Crippen molar-refractivity contribution in [1.82, 2.24) is 15.1 Å². The number of carbonyl (C=O) groups is 3. The van der Waals surface area contributed by atoms with Crippen molar-refractivity contribution in [2.45, 2.75) is 51.6 Å². The van der Waals surface area contributed by atoms with E-state index in [9.17, 15) is 19.5 Å². The summed E-state index contributed by atoms with van der Waals surface area (Å²) in [5.74, 6) is -0.353. The van der Waals surface area contributed by atoms with Crippen molar-refractivity contribution in [3.63, 3.8) is 0 Å². The molecule has 3 amide bonds. The van der Waals surface area contributed by atoms with Crippen LogP contribution in [0.5, 0.6) is 5.75 Å². The maximum Gasteiger partial charge on any atom is 0.251 e. The van der Waals surface area contributed by atoms with Crippen LogP contribution in [0.25, 0.3) is 0 Å². The van der Waals surface area contributed by atoms with Crippen LogP contribution in [-0.4, -0.2) is 63.8 Å². The van der Waals surface area contributed by atoms with Gasteiger partial charge in [-0.15, -0.1) is 0 Å². The van der Waals surface area contributed by atoms with Gasteiger partial charge in [0.15, 0.2) is 0 Å². The molecule has 3 rings (SSSR count). The lowest BCUT2D eigenvalue weighted by Crippen LogP contribution is -2.48. The number of phenolic OH excluding ortho intramolecular Hbond substituents is 1. The number of carbonyl (C=O) groups excluding carboxylic acids is 3. The number of phenols is 1. The molecule has 7 nitrogen and oxygen atoms in total. The van der Waals surface area contributed by atoms with Crippen LogP contribution in [-0.2, 0) is 9.59 Å². The highest BCUT2D eigenvalue weighted by Crippen LogP contribution is 2.28. The molecule has 0 aromatic heterocycles. The van der Waals surface area contributed by atoms with E-state index in [1.165, 1.54) is 12.1 Å². The highest BCUT2D eigenvalue weighted by Gasteiger charge is 2.41. The molecule has 2 aliphatic heterocycles. The van der Waals surface area contributed by atoms with E-state index in [-0.39, 0.29) is 47.4 Å². The molecule has 2 saturated heterocycles. The van der Waals surface area contributed by atoms with E-state index >= 15 is 0 Å². The van der Waals surface area contributed by atoms with Gasteiger partial charge in [-0.05, 0) is 51.8 Å². The van der Waals surface area contributed by atoms with Crippen LogP contribution in [0.3, 0.4) is 0 Å². The molecule has 1 atom stereocenters. The van der Waals surface area contributed by atoms with Crippen molar-refractivity contribution in [1.29, 1.82) is 0 Å². The third-order valence-corrected chi connectivity index (χ3v) is 5.53. The number of likely N-dealkylation sites (tertiary alicyclic amines) is 2. The highest BCUT2D eigenvalue weighted by atomic mass is 16.3. The fourth-order valence-corrected chi connectivity index (χ4v) is 3.94. The van der Waals surface area contributed by atoms with Gasteiger partial charge in [0.1, 0.15) is 5.75 Å². The van der Waals surface area contributed by atoms with Crippen LogP contribution < -0.4 is 5.32 Å². The quantitative estimate of drug-likeness (QED) is 0.827. The van der Waals surface area contributed by atoms with Gasteiger partial charge in [-0.1, -0.05) is 6.07 Å². The minimum atomic E-state index is -0.273. The largest absolute Gasteiger partial charge is 0.508 e. The molecule has 2 fully saturated rings. The molecule has 0 spiro atoms. The summed E-state index contributed by atoms with van der Waals surface area (Å²) in [6.07, 6.45) is 1.64. The Kier molecular flexibility index (Phi) is 5.63. The van der Waals surface area contributed by atoms with E-state index in [0.717, 1.165) is 0 Å². The summed E-state index contributed by atoms with van der Waals surface area (Å²) in [6.45, 7) is 7.58. The second-order valence-electron chi connectivity index (χ2n) is 8.70. The number of rotatable bonds is 3. The van der Waals surface area contributed by atoms with Gasteiger partial charge in [0, 0.05) is 43.2 Å². The summed E-state index contributed by atoms with van der Waals surface area (Å²) in [7, 11) is 0. The first-order valence-electron chi connectivity index (χ1n) is 9.84. The lowest BCUT2D eigenvalue weighted by atomic mass is 10.0. The summed E-state index contributed by atoms with van der Waals surface area (Å²) in [5, 5.41) is 12.5. The summed E-state index contributed by atoms with van der Waals surface area (Å²) < 4.78 is 0. The molecular formula is C21H29N3O4. The first kappa shape index (κ1) is 20.2. The fraction of sp³-hybridized carbons (Fsp3) is 0.571. The smallest absolute Gasteiger partial charge is 0.251 e. The van der Waals surface area contributed by atoms with E-state index in [0.29, 0.717) is 38.0 Å². The van der Waals surface area contributed by atoms with Crippen molar-refractivity contribution < 1.29 is 19.5 Å². The van der Waals surface area contributed by atoms with Crippen LogP contribution in [0.1, 0.15) is 50.4 Å². The Hall–Kier alpha value is -2.57. The molecule has 0 bridgehead atoms. The van der Waals surface area contributed by atoms with E-state index in [4.69, 9.17) is 0 Å². The topological polar surface area (TPSA) is 90.0 Å². The first-order valence-corrected chi connectivity index (χ1v) is 9.84. The van der Waals surface area contributed by atoms with Gasteiger partial charge in [0.25, 0.3) is 5.91 Å². The molecule has 1 aromatic carbocycles. The van der Waals surface area contributed by atoms with Crippen molar-refractivity contribution in [2.75, 3.05) is 19.6 Å². The molecule has 0 radical (unpaired) electrons. The molecule has 2 heterocycles. The van der Waals surface area contributed by atoms with Crippen molar-refractivity contribution in [3.8, 4) is 5.75 Å². The van der Waals surface area contributed by atoms with Crippen LogP contribution >= 0.6 is 0 Å². The number of benzene rings is 1. The summed E-state index contributed by atoms with van der Waals surface area (Å²) in [4.78, 5) is 41.0. The van der Waals surface area contributed by atoms with Gasteiger partial charge >= 0.3 is 0 Å².